The van der Waals surface area contributed by atoms with Crippen LogP contribution in [0.25, 0.3) is 0 Å². The second-order valence-corrected chi connectivity index (χ2v) is 7.20. The SMILES string of the molecule is CC(C)[C@H](OC[C@@H]1CCCO1)C(=O)NCCCO[C@@H](C)c1ccccc1. The van der Waals surface area contributed by atoms with Crippen LogP contribution in [-0.2, 0) is 19.0 Å². The van der Waals surface area contributed by atoms with Gasteiger partial charge in [0, 0.05) is 19.8 Å². The maximum Gasteiger partial charge on any atom is 0.249 e. The van der Waals surface area contributed by atoms with Crippen molar-refractivity contribution in [3.63, 3.8) is 0 Å². The van der Waals surface area contributed by atoms with Crippen LogP contribution in [0.3, 0.4) is 0 Å². The van der Waals surface area contributed by atoms with E-state index in [1.165, 1.54) is 5.56 Å². The van der Waals surface area contributed by atoms with Crippen molar-refractivity contribution in [2.45, 2.75) is 58.3 Å². The number of hydrogen-bond acceptors (Lipinski definition) is 4. The van der Waals surface area contributed by atoms with Gasteiger partial charge in [-0.05, 0) is 37.7 Å². The van der Waals surface area contributed by atoms with Crippen LogP contribution in [0.1, 0.15) is 51.7 Å². The van der Waals surface area contributed by atoms with Crippen LogP contribution in [0.5, 0.6) is 0 Å². The normalized spacial score (nSPS) is 19.5. The third kappa shape index (κ3) is 7.06. The molecule has 3 atom stereocenters. The summed E-state index contributed by atoms with van der Waals surface area (Å²) in [5, 5.41) is 2.97. The predicted octanol–water partition coefficient (Wildman–Crippen LogP) is 3.49. The number of carbonyl (C=O) groups is 1. The second kappa shape index (κ2) is 11.3. The second-order valence-electron chi connectivity index (χ2n) is 7.20. The lowest BCUT2D eigenvalue weighted by Crippen LogP contribution is -2.41. The minimum absolute atomic E-state index is 0.0471. The topological polar surface area (TPSA) is 56.8 Å². The minimum atomic E-state index is -0.427. The van der Waals surface area contributed by atoms with E-state index >= 15 is 0 Å². The highest BCUT2D eigenvalue weighted by Gasteiger charge is 2.25. The number of amides is 1. The van der Waals surface area contributed by atoms with Crippen LogP contribution in [0.2, 0.25) is 0 Å². The molecule has 0 aromatic heterocycles. The summed E-state index contributed by atoms with van der Waals surface area (Å²) in [6.07, 6.45) is 2.64. The number of nitrogens with one attached hydrogen (secondary N) is 1. The fraction of sp³-hybridized carbons (Fsp3) is 0.667. The Hall–Kier alpha value is -1.43. The van der Waals surface area contributed by atoms with Crippen molar-refractivity contribution in [2.24, 2.45) is 5.92 Å². The molecule has 1 aliphatic heterocycles. The highest BCUT2D eigenvalue weighted by atomic mass is 16.5. The monoisotopic (exact) mass is 363 g/mol. The summed E-state index contributed by atoms with van der Waals surface area (Å²) in [5.74, 6) is 0.0832. The summed E-state index contributed by atoms with van der Waals surface area (Å²) in [6, 6.07) is 10.1. The zero-order valence-electron chi connectivity index (χ0n) is 16.3. The maximum absolute atomic E-state index is 12.4. The Bertz CT molecular complexity index is 514. The van der Waals surface area contributed by atoms with Crippen molar-refractivity contribution in [3.8, 4) is 0 Å². The number of ether oxygens (including phenoxy) is 3. The lowest BCUT2D eigenvalue weighted by Gasteiger charge is -2.22. The molecule has 2 rings (SSSR count). The van der Waals surface area contributed by atoms with E-state index < -0.39 is 6.10 Å². The first kappa shape index (κ1) is 20.9. The standard InChI is InChI=1S/C21H33NO4/c1-16(2)20(26-15-19-11-7-13-25-19)21(23)22-12-8-14-24-17(3)18-9-5-4-6-10-18/h4-6,9-10,16-17,19-20H,7-8,11-15H2,1-3H3,(H,22,23)/t17-,19-,20-/m0/s1. The first-order valence-electron chi connectivity index (χ1n) is 9.75. The van der Waals surface area contributed by atoms with Gasteiger partial charge in [-0.15, -0.1) is 0 Å². The molecule has 1 N–H and O–H groups in total. The predicted molar refractivity (Wildman–Crippen MR) is 102 cm³/mol. The summed E-state index contributed by atoms with van der Waals surface area (Å²) in [6.45, 7) is 8.55. The summed E-state index contributed by atoms with van der Waals surface area (Å²) in [5.41, 5.74) is 1.17. The van der Waals surface area contributed by atoms with Crippen molar-refractivity contribution in [1.82, 2.24) is 5.32 Å². The lowest BCUT2D eigenvalue weighted by atomic mass is 10.1. The summed E-state index contributed by atoms with van der Waals surface area (Å²) in [4.78, 5) is 12.4. The van der Waals surface area contributed by atoms with Gasteiger partial charge >= 0.3 is 0 Å². The molecule has 1 aliphatic rings. The van der Waals surface area contributed by atoms with Gasteiger partial charge in [0.2, 0.25) is 5.91 Å². The molecule has 1 fully saturated rings. The van der Waals surface area contributed by atoms with Gasteiger partial charge in [0.15, 0.2) is 0 Å². The van der Waals surface area contributed by atoms with Crippen molar-refractivity contribution in [2.75, 3.05) is 26.4 Å². The highest BCUT2D eigenvalue weighted by Crippen LogP contribution is 2.16. The molecule has 0 aliphatic carbocycles. The van der Waals surface area contributed by atoms with Crippen molar-refractivity contribution < 1.29 is 19.0 Å². The molecular weight excluding hydrogens is 330 g/mol. The van der Waals surface area contributed by atoms with Crippen LogP contribution in [-0.4, -0.2) is 44.5 Å². The van der Waals surface area contributed by atoms with Crippen LogP contribution >= 0.6 is 0 Å². The fourth-order valence-corrected chi connectivity index (χ4v) is 3.02. The van der Waals surface area contributed by atoms with Crippen molar-refractivity contribution in [3.05, 3.63) is 35.9 Å². The van der Waals surface area contributed by atoms with E-state index in [1.807, 2.05) is 39.0 Å². The van der Waals surface area contributed by atoms with Crippen LogP contribution in [0.15, 0.2) is 30.3 Å². The summed E-state index contributed by atoms with van der Waals surface area (Å²) >= 11 is 0. The Labute approximate surface area is 157 Å². The van der Waals surface area contributed by atoms with E-state index in [-0.39, 0.29) is 24.0 Å². The van der Waals surface area contributed by atoms with Gasteiger partial charge < -0.3 is 19.5 Å². The average molecular weight is 363 g/mol. The molecule has 5 heteroatoms. The lowest BCUT2D eigenvalue weighted by molar-refractivity contribution is -0.138. The molecule has 26 heavy (non-hydrogen) atoms. The molecule has 0 spiro atoms. The molecule has 1 heterocycles. The highest BCUT2D eigenvalue weighted by molar-refractivity contribution is 5.80. The molecule has 1 aromatic rings. The maximum atomic E-state index is 12.4. The zero-order valence-corrected chi connectivity index (χ0v) is 16.3. The Morgan fingerprint density at radius 2 is 2.00 bits per heavy atom. The first-order valence-corrected chi connectivity index (χ1v) is 9.75. The van der Waals surface area contributed by atoms with Gasteiger partial charge in [0.25, 0.3) is 0 Å². The Morgan fingerprint density at radius 3 is 2.65 bits per heavy atom. The fourth-order valence-electron chi connectivity index (χ4n) is 3.02. The van der Waals surface area contributed by atoms with E-state index in [0.29, 0.717) is 19.8 Å². The quantitative estimate of drug-likeness (QED) is 0.612. The Balaban J connectivity index is 1.62. The molecule has 1 aromatic carbocycles. The van der Waals surface area contributed by atoms with Gasteiger partial charge in [-0.25, -0.2) is 0 Å². The number of hydrogen-bond donors (Lipinski definition) is 1. The summed E-state index contributed by atoms with van der Waals surface area (Å²) < 4.78 is 17.2. The van der Waals surface area contributed by atoms with Crippen molar-refractivity contribution in [1.29, 1.82) is 0 Å². The third-order valence-electron chi connectivity index (χ3n) is 4.61. The molecule has 146 valence electrons. The molecule has 1 saturated heterocycles. The van der Waals surface area contributed by atoms with Crippen LogP contribution in [0, 0.1) is 5.92 Å². The molecule has 0 saturated carbocycles. The molecule has 0 bridgehead atoms. The smallest absolute Gasteiger partial charge is 0.249 e. The Kier molecular flexibility index (Phi) is 9.09. The van der Waals surface area contributed by atoms with Crippen LogP contribution < -0.4 is 5.32 Å². The zero-order chi connectivity index (χ0) is 18.8. The van der Waals surface area contributed by atoms with E-state index in [4.69, 9.17) is 14.2 Å². The number of benzene rings is 1. The van der Waals surface area contributed by atoms with Crippen LogP contribution in [0.4, 0.5) is 0 Å². The summed E-state index contributed by atoms with van der Waals surface area (Å²) in [7, 11) is 0. The van der Waals surface area contributed by atoms with E-state index in [9.17, 15) is 4.79 Å². The first-order chi connectivity index (χ1) is 12.6. The number of rotatable bonds is 11. The minimum Gasteiger partial charge on any atom is -0.376 e. The average Bonchev–Trinajstić information content (AvgIpc) is 3.15. The van der Waals surface area contributed by atoms with Gasteiger partial charge in [-0.2, -0.15) is 0 Å². The van der Waals surface area contributed by atoms with Gasteiger partial charge in [0.05, 0.1) is 18.8 Å². The third-order valence-corrected chi connectivity index (χ3v) is 4.61. The van der Waals surface area contributed by atoms with E-state index in [1.54, 1.807) is 0 Å². The molecule has 1 amide bonds. The number of carbonyl (C=O) groups excluding carboxylic acids is 1. The molecule has 0 unspecified atom stereocenters. The Morgan fingerprint density at radius 1 is 1.23 bits per heavy atom. The van der Waals surface area contributed by atoms with E-state index in [2.05, 4.69) is 17.4 Å². The van der Waals surface area contributed by atoms with Crippen molar-refractivity contribution >= 4 is 5.91 Å². The van der Waals surface area contributed by atoms with Gasteiger partial charge in [-0.3, -0.25) is 4.79 Å². The van der Waals surface area contributed by atoms with E-state index in [0.717, 1.165) is 25.9 Å². The van der Waals surface area contributed by atoms with Gasteiger partial charge in [-0.1, -0.05) is 44.2 Å². The molecular formula is C21H33NO4. The van der Waals surface area contributed by atoms with Gasteiger partial charge in [0.1, 0.15) is 6.10 Å². The largest absolute Gasteiger partial charge is 0.376 e. The molecule has 5 nitrogen and oxygen atoms in total. The molecule has 0 radical (unpaired) electrons.